The van der Waals surface area contributed by atoms with E-state index in [1.807, 2.05) is 11.4 Å². The second-order valence-corrected chi connectivity index (χ2v) is 4.12. The molecule has 1 aliphatic carbocycles. The molecule has 0 spiro atoms. The van der Waals surface area contributed by atoms with E-state index in [9.17, 15) is 4.79 Å². The minimum atomic E-state index is -0.839. The van der Waals surface area contributed by atoms with Crippen molar-refractivity contribution in [1.82, 2.24) is 0 Å². The molecule has 1 heterocycles. The van der Waals surface area contributed by atoms with Gasteiger partial charge in [0.05, 0.1) is 0 Å². The number of thiophene rings is 1. The van der Waals surface area contributed by atoms with Crippen molar-refractivity contribution in [3.8, 4) is 0 Å². The minimum Gasteiger partial charge on any atom is -0.478 e. The summed E-state index contributed by atoms with van der Waals surface area (Å²) in [5.41, 5.74) is 2.13. The molecule has 1 N–H and O–H groups in total. The van der Waals surface area contributed by atoms with Crippen LogP contribution in [0.1, 0.15) is 23.3 Å². The van der Waals surface area contributed by atoms with Crippen molar-refractivity contribution in [2.75, 3.05) is 0 Å². The summed E-state index contributed by atoms with van der Waals surface area (Å²) in [5, 5.41) is 10.7. The smallest absolute Gasteiger partial charge is 0.328 e. The van der Waals surface area contributed by atoms with Crippen LogP contribution in [0.15, 0.2) is 17.5 Å². The highest BCUT2D eigenvalue weighted by Gasteiger charge is 2.15. The molecule has 0 saturated carbocycles. The highest BCUT2D eigenvalue weighted by molar-refractivity contribution is 7.10. The second-order valence-electron chi connectivity index (χ2n) is 3.12. The van der Waals surface area contributed by atoms with Crippen LogP contribution in [0.25, 0.3) is 5.57 Å². The number of hydrogen-bond donors (Lipinski definition) is 1. The van der Waals surface area contributed by atoms with E-state index in [2.05, 4.69) is 0 Å². The third kappa shape index (κ3) is 1.65. The molecule has 1 aromatic heterocycles. The highest BCUT2D eigenvalue weighted by Crippen LogP contribution is 2.33. The summed E-state index contributed by atoms with van der Waals surface area (Å²) < 4.78 is 0. The summed E-state index contributed by atoms with van der Waals surface area (Å²) >= 11 is 1.72. The van der Waals surface area contributed by atoms with Gasteiger partial charge >= 0.3 is 5.97 Å². The van der Waals surface area contributed by atoms with Crippen molar-refractivity contribution in [3.05, 3.63) is 28.0 Å². The van der Waals surface area contributed by atoms with Gasteiger partial charge in [-0.15, -0.1) is 11.3 Å². The van der Waals surface area contributed by atoms with Crippen LogP contribution in [-0.4, -0.2) is 11.1 Å². The van der Waals surface area contributed by atoms with Gasteiger partial charge in [-0.05, 0) is 41.8 Å². The molecule has 13 heavy (non-hydrogen) atoms. The van der Waals surface area contributed by atoms with Gasteiger partial charge in [0.2, 0.25) is 0 Å². The zero-order valence-electron chi connectivity index (χ0n) is 7.12. The van der Waals surface area contributed by atoms with Crippen LogP contribution in [0.5, 0.6) is 0 Å². The first kappa shape index (κ1) is 8.51. The molecular formula is C10H10O2S. The Balaban J connectivity index is 2.40. The fourth-order valence-corrected chi connectivity index (χ4v) is 2.65. The summed E-state index contributed by atoms with van der Waals surface area (Å²) in [7, 11) is 0. The summed E-state index contributed by atoms with van der Waals surface area (Å²) in [6.07, 6.45) is 4.41. The van der Waals surface area contributed by atoms with Crippen molar-refractivity contribution < 1.29 is 9.90 Å². The van der Waals surface area contributed by atoms with Crippen molar-refractivity contribution in [1.29, 1.82) is 0 Å². The first-order valence-corrected chi connectivity index (χ1v) is 5.15. The van der Waals surface area contributed by atoms with Crippen LogP contribution in [0.2, 0.25) is 0 Å². The van der Waals surface area contributed by atoms with E-state index < -0.39 is 5.97 Å². The number of aliphatic carboxylic acids is 1. The summed E-state index contributed by atoms with van der Waals surface area (Å²) in [5.74, 6) is -0.839. The molecule has 0 atom stereocenters. The number of allylic oxidation sites excluding steroid dienone is 1. The van der Waals surface area contributed by atoms with E-state index in [4.69, 9.17) is 5.11 Å². The van der Waals surface area contributed by atoms with Gasteiger partial charge in [-0.2, -0.15) is 0 Å². The molecule has 0 aromatic carbocycles. The Morgan fingerprint density at radius 2 is 2.38 bits per heavy atom. The zero-order chi connectivity index (χ0) is 9.26. The monoisotopic (exact) mass is 194 g/mol. The van der Waals surface area contributed by atoms with Crippen LogP contribution < -0.4 is 0 Å². The van der Waals surface area contributed by atoms with Crippen LogP contribution in [0.3, 0.4) is 0 Å². The molecule has 0 radical (unpaired) electrons. The number of hydrogen-bond acceptors (Lipinski definition) is 2. The molecule has 0 bridgehead atoms. The second kappa shape index (κ2) is 3.34. The maximum Gasteiger partial charge on any atom is 0.328 e. The first-order chi connectivity index (χ1) is 6.27. The Kier molecular flexibility index (Phi) is 2.19. The highest BCUT2D eigenvalue weighted by atomic mass is 32.1. The van der Waals surface area contributed by atoms with E-state index in [0.717, 1.165) is 30.4 Å². The first-order valence-electron chi connectivity index (χ1n) is 4.27. The largest absolute Gasteiger partial charge is 0.478 e. The average Bonchev–Trinajstić information content (AvgIpc) is 2.51. The van der Waals surface area contributed by atoms with Crippen molar-refractivity contribution in [3.63, 3.8) is 0 Å². The maximum absolute atomic E-state index is 10.5. The summed E-state index contributed by atoms with van der Waals surface area (Å²) in [6, 6.07) is 2.02. The van der Waals surface area contributed by atoms with E-state index >= 15 is 0 Å². The molecule has 0 aliphatic heterocycles. The van der Waals surface area contributed by atoms with Gasteiger partial charge in [0.1, 0.15) is 0 Å². The predicted molar refractivity (Wildman–Crippen MR) is 52.9 cm³/mol. The van der Waals surface area contributed by atoms with Crippen LogP contribution >= 0.6 is 11.3 Å². The van der Waals surface area contributed by atoms with E-state index in [0.29, 0.717) is 0 Å². The van der Waals surface area contributed by atoms with Crippen LogP contribution in [0.4, 0.5) is 0 Å². The molecule has 1 aromatic rings. The van der Waals surface area contributed by atoms with Gasteiger partial charge in [0.25, 0.3) is 0 Å². The number of aryl methyl sites for hydroxylation is 1. The third-order valence-electron chi connectivity index (χ3n) is 2.24. The molecule has 1 aliphatic rings. The SMILES string of the molecule is O=C(O)C=C1CCCc2sccc21. The van der Waals surface area contributed by atoms with Gasteiger partial charge in [-0.25, -0.2) is 4.79 Å². The van der Waals surface area contributed by atoms with Gasteiger partial charge in [-0.1, -0.05) is 0 Å². The number of carbonyl (C=O) groups is 1. The lowest BCUT2D eigenvalue weighted by Gasteiger charge is -2.13. The molecule has 2 rings (SSSR count). The van der Waals surface area contributed by atoms with Crippen molar-refractivity contribution in [2.24, 2.45) is 0 Å². The Bertz CT molecular complexity index is 363. The van der Waals surface area contributed by atoms with Crippen molar-refractivity contribution >= 4 is 22.9 Å². The number of rotatable bonds is 1. The molecule has 2 nitrogen and oxygen atoms in total. The topological polar surface area (TPSA) is 37.3 Å². The van der Waals surface area contributed by atoms with Gasteiger partial charge in [0.15, 0.2) is 0 Å². The quantitative estimate of drug-likeness (QED) is 0.697. The lowest BCUT2D eigenvalue weighted by atomic mass is 9.93. The molecule has 0 fully saturated rings. The third-order valence-corrected chi connectivity index (χ3v) is 3.22. The Labute approximate surface area is 80.5 Å². The average molecular weight is 194 g/mol. The van der Waals surface area contributed by atoms with Gasteiger partial charge < -0.3 is 5.11 Å². The van der Waals surface area contributed by atoms with Crippen LogP contribution in [-0.2, 0) is 11.2 Å². The molecule has 0 unspecified atom stereocenters. The van der Waals surface area contributed by atoms with E-state index in [1.165, 1.54) is 11.0 Å². The number of fused-ring (bicyclic) bond motifs is 1. The van der Waals surface area contributed by atoms with Crippen molar-refractivity contribution in [2.45, 2.75) is 19.3 Å². The zero-order valence-corrected chi connectivity index (χ0v) is 7.93. The standard InChI is InChI=1S/C10H10O2S/c11-10(12)6-7-2-1-3-9-8(7)4-5-13-9/h4-6H,1-3H2,(H,11,12). The fourth-order valence-electron chi connectivity index (χ4n) is 1.69. The lowest BCUT2D eigenvalue weighted by Crippen LogP contribution is -2.00. The van der Waals surface area contributed by atoms with E-state index in [-0.39, 0.29) is 0 Å². The van der Waals surface area contributed by atoms with E-state index in [1.54, 1.807) is 11.3 Å². The molecule has 68 valence electrons. The molecule has 0 saturated heterocycles. The van der Waals surface area contributed by atoms with Gasteiger partial charge in [0, 0.05) is 11.0 Å². The normalized spacial score (nSPS) is 18.6. The Hall–Kier alpha value is -1.09. The molecule has 0 amide bonds. The maximum atomic E-state index is 10.5. The Morgan fingerprint density at radius 3 is 3.15 bits per heavy atom. The Morgan fingerprint density at radius 1 is 1.54 bits per heavy atom. The fraction of sp³-hybridized carbons (Fsp3) is 0.300. The molecular weight excluding hydrogens is 184 g/mol. The molecule has 3 heteroatoms. The number of carboxylic acids is 1. The number of carboxylic acid groups (broad SMARTS) is 1. The minimum absolute atomic E-state index is 0.839. The van der Waals surface area contributed by atoms with Crippen LogP contribution in [0, 0.1) is 0 Å². The van der Waals surface area contributed by atoms with Gasteiger partial charge in [-0.3, -0.25) is 0 Å². The predicted octanol–water partition coefficient (Wildman–Crippen LogP) is 2.55. The summed E-state index contributed by atoms with van der Waals surface area (Å²) in [4.78, 5) is 11.9. The lowest BCUT2D eigenvalue weighted by molar-refractivity contribution is -0.131. The summed E-state index contributed by atoms with van der Waals surface area (Å²) in [6.45, 7) is 0.